The minimum absolute atomic E-state index is 0.123. The minimum atomic E-state index is -0.123. The van der Waals surface area contributed by atoms with Crippen LogP contribution in [0, 0.1) is 0 Å². The smallest absolute Gasteiger partial charge is 0.238 e. The largest absolute Gasteiger partial charge is 0.277 e. The van der Waals surface area contributed by atoms with Gasteiger partial charge in [0.2, 0.25) is 5.95 Å². The molecule has 0 aliphatic heterocycles. The predicted octanol–water partition coefficient (Wildman–Crippen LogP) is 14.1. The Hall–Kier alpha value is -7.17. The summed E-state index contributed by atoms with van der Waals surface area (Å²) < 4.78 is 2.27. The van der Waals surface area contributed by atoms with Crippen LogP contribution in [0.3, 0.4) is 0 Å². The van der Waals surface area contributed by atoms with Crippen molar-refractivity contribution in [3.63, 3.8) is 0 Å². The third kappa shape index (κ3) is 5.63. The lowest BCUT2D eigenvalue weighted by molar-refractivity contribution is 0.660. The topological polar surface area (TPSA) is 43.6 Å². The fourth-order valence-electron chi connectivity index (χ4n) is 8.90. The molecule has 0 fully saturated rings. The van der Waals surface area contributed by atoms with Crippen LogP contribution in [0.4, 0.5) is 0 Å². The van der Waals surface area contributed by atoms with Crippen LogP contribution < -0.4 is 0 Å². The Morgan fingerprint density at radius 3 is 1.72 bits per heavy atom. The Bertz CT molecular complexity index is 3140. The van der Waals surface area contributed by atoms with Crippen molar-refractivity contribution >= 4 is 32.6 Å². The molecule has 0 radical (unpaired) electrons. The second-order valence-corrected chi connectivity index (χ2v) is 15.2. The van der Waals surface area contributed by atoms with Crippen molar-refractivity contribution < 1.29 is 0 Å². The molecule has 1 aliphatic rings. The number of hydrogen-bond donors (Lipinski definition) is 0. The monoisotopic (exact) mass is 746 g/mol. The van der Waals surface area contributed by atoms with Gasteiger partial charge in [0, 0.05) is 32.9 Å². The SMILES string of the molecule is CC.CC1(C)c2ccccc2-c2ccc(-c3cccc4c5c6ccccc6ccc5n(-c5nc(-c6ccccc6)nc(-c6ccc(-c7ccccc7)cc6)n5)c34)cc21. The van der Waals surface area contributed by atoms with E-state index in [-0.39, 0.29) is 5.41 Å². The van der Waals surface area contributed by atoms with E-state index in [1.54, 1.807) is 0 Å². The van der Waals surface area contributed by atoms with E-state index in [1.165, 1.54) is 44.0 Å². The van der Waals surface area contributed by atoms with Crippen molar-refractivity contribution in [3.05, 3.63) is 193 Å². The van der Waals surface area contributed by atoms with E-state index in [0.717, 1.165) is 44.2 Å². The molecule has 0 saturated heterocycles. The third-order valence-corrected chi connectivity index (χ3v) is 11.7. The Balaban J connectivity index is 0.00000201. The van der Waals surface area contributed by atoms with Gasteiger partial charge in [-0.3, -0.25) is 4.57 Å². The number of para-hydroxylation sites is 1. The number of hydrogen-bond acceptors (Lipinski definition) is 3. The van der Waals surface area contributed by atoms with Crippen molar-refractivity contribution in [1.82, 2.24) is 19.5 Å². The number of benzene rings is 8. The molecule has 1 aliphatic carbocycles. The highest BCUT2D eigenvalue weighted by Gasteiger charge is 2.35. The Kier molecular flexibility index (Phi) is 8.57. The first-order valence-electron chi connectivity index (χ1n) is 20.2. The molecule has 10 aromatic rings. The fourth-order valence-corrected chi connectivity index (χ4v) is 8.90. The molecule has 0 unspecified atom stereocenters. The summed E-state index contributed by atoms with van der Waals surface area (Å²) >= 11 is 0. The first kappa shape index (κ1) is 35.3. The number of nitrogens with zero attached hydrogens (tertiary/aromatic N) is 4. The van der Waals surface area contributed by atoms with E-state index < -0.39 is 0 Å². The molecule has 0 N–H and O–H groups in total. The number of fused-ring (bicyclic) bond motifs is 8. The van der Waals surface area contributed by atoms with Gasteiger partial charge in [-0.15, -0.1) is 0 Å². The van der Waals surface area contributed by atoms with Gasteiger partial charge in [-0.25, -0.2) is 4.98 Å². The van der Waals surface area contributed by atoms with Crippen LogP contribution in [0.15, 0.2) is 182 Å². The zero-order valence-electron chi connectivity index (χ0n) is 33.1. The van der Waals surface area contributed by atoms with Crippen LogP contribution in [0.1, 0.15) is 38.8 Å². The van der Waals surface area contributed by atoms with Crippen LogP contribution in [0.2, 0.25) is 0 Å². The molecule has 11 rings (SSSR count). The number of rotatable bonds is 5. The van der Waals surface area contributed by atoms with Crippen LogP contribution in [0.25, 0.3) is 94.7 Å². The predicted molar refractivity (Wildman–Crippen MR) is 242 cm³/mol. The lowest BCUT2D eigenvalue weighted by atomic mass is 9.81. The van der Waals surface area contributed by atoms with Gasteiger partial charge in [0.1, 0.15) is 0 Å². The Morgan fingerprint density at radius 1 is 0.414 bits per heavy atom. The van der Waals surface area contributed by atoms with E-state index in [4.69, 9.17) is 15.0 Å². The molecular formula is C54H42N4. The van der Waals surface area contributed by atoms with E-state index in [2.05, 4.69) is 176 Å². The lowest BCUT2D eigenvalue weighted by Gasteiger charge is -2.22. The molecule has 2 heterocycles. The molecule has 0 spiro atoms. The average Bonchev–Trinajstić information content (AvgIpc) is 3.76. The van der Waals surface area contributed by atoms with Gasteiger partial charge >= 0.3 is 0 Å². The summed E-state index contributed by atoms with van der Waals surface area (Å²) in [4.78, 5) is 15.8. The molecule has 8 aromatic carbocycles. The van der Waals surface area contributed by atoms with Gasteiger partial charge in [0.25, 0.3) is 0 Å². The summed E-state index contributed by atoms with van der Waals surface area (Å²) in [5.74, 6) is 1.83. The number of aromatic nitrogens is 4. The summed E-state index contributed by atoms with van der Waals surface area (Å²) in [6, 6.07) is 64.8. The van der Waals surface area contributed by atoms with E-state index >= 15 is 0 Å². The molecule has 0 atom stereocenters. The summed E-state index contributed by atoms with van der Waals surface area (Å²) in [7, 11) is 0. The van der Waals surface area contributed by atoms with Crippen LogP contribution in [-0.4, -0.2) is 19.5 Å². The molecule has 58 heavy (non-hydrogen) atoms. The Morgan fingerprint density at radius 2 is 0.966 bits per heavy atom. The highest BCUT2D eigenvalue weighted by molar-refractivity contribution is 6.23. The van der Waals surface area contributed by atoms with Crippen molar-refractivity contribution in [3.8, 4) is 62.1 Å². The highest BCUT2D eigenvalue weighted by atomic mass is 15.2. The third-order valence-electron chi connectivity index (χ3n) is 11.7. The summed E-state index contributed by atoms with van der Waals surface area (Å²) in [5.41, 5.74) is 13.8. The first-order valence-corrected chi connectivity index (χ1v) is 20.2. The second kappa shape index (κ2) is 14.1. The highest BCUT2D eigenvalue weighted by Crippen LogP contribution is 2.50. The van der Waals surface area contributed by atoms with Crippen LogP contribution in [-0.2, 0) is 5.41 Å². The molecule has 4 heteroatoms. The van der Waals surface area contributed by atoms with Gasteiger partial charge in [-0.2, -0.15) is 9.97 Å². The van der Waals surface area contributed by atoms with Crippen molar-refractivity contribution in [2.75, 3.05) is 0 Å². The lowest BCUT2D eigenvalue weighted by Crippen LogP contribution is -2.14. The average molecular weight is 747 g/mol. The van der Waals surface area contributed by atoms with E-state index in [1.807, 2.05) is 38.1 Å². The molecular weight excluding hydrogens is 705 g/mol. The van der Waals surface area contributed by atoms with Crippen molar-refractivity contribution in [2.45, 2.75) is 33.1 Å². The first-order chi connectivity index (χ1) is 28.5. The van der Waals surface area contributed by atoms with Gasteiger partial charge in [0.05, 0.1) is 11.0 Å². The summed E-state index contributed by atoms with van der Waals surface area (Å²) in [6.45, 7) is 8.68. The normalized spacial score (nSPS) is 12.6. The van der Waals surface area contributed by atoms with Crippen LogP contribution >= 0.6 is 0 Å². The van der Waals surface area contributed by atoms with E-state index in [9.17, 15) is 0 Å². The van der Waals surface area contributed by atoms with Crippen LogP contribution in [0.5, 0.6) is 0 Å². The zero-order valence-corrected chi connectivity index (χ0v) is 33.1. The quantitative estimate of drug-likeness (QED) is 0.176. The molecule has 2 aromatic heterocycles. The minimum Gasteiger partial charge on any atom is -0.277 e. The standard InChI is InChI=1S/C52H36N4.C2H6/c1-52(2)44-23-12-11-20-41(44)42-30-28-38(32-45(42)52)40-21-13-22-43-47-39-19-10-9-16-35(39)29-31-46(47)56(48(40)43)51-54-49(36-17-7-4-8-18-36)53-50(55-51)37-26-24-34(25-27-37)33-14-5-3-6-15-33;1-2/h3-32H,1-2H3;1-2H3. The molecule has 0 saturated carbocycles. The molecule has 0 bridgehead atoms. The zero-order chi connectivity index (χ0) is 39.4. The maximum absolute atomic E-state index is 5.34. The second-order valence-electron chi connectivity index (χ2n) is 15.2. The van der Waals surface area contributed by atoms with Crippen molar-refractivity contribution in [1.29, 1.82) is 0 Å². The fraction of sp³-hybridized carbons (Fsp3) is 0.0926. The van der Waals surface area contributed by atoms with Gasteiger partial charge in [-0.05, 0) is 61.8 Å². The summed E-state index contributed by atoms with van der Waals surface area (Å²) in [6.07, 6.45) is 0. The van der Waals surface area contributed by atoms with Gasteiger partial charge < -0.3 is 0 Å². The van der Waals surface area contributed by atoms with Gasteiger partial charge in [-0.1, -0.05) is 198 Å². The molecule has 4 nitrogen and oxygen atoms in total. The van der Waals surface area contributed by atoms with Gasteiger partial charge in [0.15, 0.2) is 11.6 Å². The molecule has 278 valence electrons. The maximum atomic E-state index is 5.34. The van der Waals surface area contributed by atoms with Crippen molar-refractivity contribution in [2.24, 2.45) is 0 Å². The summed E-state index contributed by atoms with van der Waals surface area (Å²) in [5, 5.41) is 4.74. The Labute approximate surface area is 339 Å². The molecule has 0 amide bonds. The van der Waals surface area contributed by atoms with E-state index in [0.29, 0.717) is 17.6 Å². The maximum Gasteiger partial charge on any atom is 0.238 e.